The minimum atomic E-state index is -0.265. The van der Waals surface area contributed by atoms with Gasteiger partial charge < -0.3 is 19.5 Å². The minimum absolute atomic E-state index is 0.129. The molecule has 0 aliphatic rings. The van der Waals surface area contributed by atoms with E-state index in [-0.39, 0.29) is 12.5 Å². The van der Waals surface area contributed by atoms with E-state index >= 15 is 0 Å². The van der Waals surface area contributed by atoms with Gasteiger partial charge in [0.1, 0.15) is 17.2 Å². The van der Waals surface area contributed by atoms with Crippen LogP contribution in [-0.2, 0) is 11.3 Å². The van der Waals surface area contributed by atoms with Crippen molar-refractivity contribution in [1.82, 2.24) is 5.32 Å². The lowest BCUT2D eigenvalue weighted by atomic mass is 10.2. The van der Waals surface area contributed by atoms with Crippen molar-refractivity contribution in [1.29, 1.82) is 0 Å². The van der Waals surface area contributed by atoms with E-state index in [2.05, 4.69) is 5.32 Å². The fourth-order valence-corrected chi connectivity index (χ4v) is 2.25. The van der Waals surface area contributed by atoms with E-state index in [1.807, 2.05) is 6.07 Å². The fourth-order valence-electron chi connectivity index (χ4n) is 1.96. The van der Waals surface area contributed by atoms with Crippen LogP contribution in [0.4, 0.5) is 0 Å². The average Bonchev–Trinajstić information content (AvgIpc) is 2.60. The Bertz CT molecular complexity index is 722. The van der Waals surface area contributed by atoms with Gasteiger partial charge in [-0.2, -0.15) is 0 Å². The summed E-state index contributed by atoms with van der Waals surface area (Å²) < 4.78 is 15.8. The second kappa shape index (κ2) is 8.66. The van der Waals surface area contributed by atoms with Crippen LogP contribution in [0.15, 0.2) is 36.4 Å². The predicted octanol–water partition coefficient (Wildman–Crippen LogP) is 3.71. The lowest BCUT2D eigenvalue weighted by Gasteiger charge is -2.12. The summed E-state index contributed by atoms with van der Waals surface area (Å²) in [4.78, 5) is 11.9. The molecule has 0 saturated heterocycles. The smallest absolute Gasteiger partial charge is 0.258 e. The maximum absolute atomic E-state index is 11.9. The number of methoxy groups -OCH3 is 2. The Kier molecular flexibility index (Phi) is 6.58. The molecule has 0 fully saturated rings. The summed E-state index contributed by atoms with van der Waals surface area (Å²) >= 11 is 11.7. The number of carbonyl (C=O) groups is 1. The summed E-state index contributed by atoms with van der Waals surface area (Å²) in [6, 6.07) is 10.2. The van der Waals surface area contributed by atoms with E-state index in [4.69, 9.17) is 37.4 Å². The second-order valence-electron chi connectivity index (χ2n) is 4.82. The highest BCUT2D eigenvalue weighted by Gasteiger charge is 2.08. The zero-order chi connectivity index (χ0) is 17.5. The third-order valence-corrected chi connectivity index (χ3v) is 3.97. The Labute approximate surface area is 150 Å². The van der Waals surface area contributed by atoms with Crippen molar-refractivity contribution in [3.8, 4) is 17.2 Å². The van der Waals surface area contributed by atoms with E-state index in [0.29, 0.717) is 33.8 Å². The van der Waals surface area contributed by atoms with Gasteiger partial charge in [-0.05, 0) is 24.3 Å². The van der Waals surface area contributed by atoms with Gasteiger partial charge in [0.25, 0.3) is 5.91 Å². The molecular formula is C17H17Cl2NO4. The van der Waals surface area contributed by atoms with Crippen LogP contribution >= 0.6 is 23.2 Å². The minimum Gasteiger partial charge on any atom is -0.497 e. The zero-order valence-electron chi connectivity index (χ0n) is 13.3. The Morgan fingerprint density at radius 2 is 1.75 bits per heavy atom. The number of amides is 1. The Balaban J connectivity index is 1.88. The molecule has 0 aromatic heterocycles. The molecule has 0 aliphatic carbocycles. The van der Waals surface area contributed by atoms with Gasteiger partial charge in [0.2, 0.25) is 0 Å². The zero-order valence-corrected chi connectivity index (χ0v) is 14.8. The maximum Gasteiger partial charge on any atom is 0.258 e. The summed E-state index contributed by atoms with van der Waals surface area (Å²) in [5, 5.41) is 3.57. The molecular weight excluding hydrogens is 353 g/mol. The van der Waals surface area contributed by atoms with Crippen LogP contribution in [0.2, 0.25) is 10.0 Å². The van der Waals surface area contributed by atoms with Crippen molar-refractivity contribution in [3.05, 3.63) is 52.0 Å². The van der Waals surface area contributed by atoms with Crippen molar-refractivity contribution in [2.75, 3.05) is 20.8 Å². The van der Waals surface area contributed by atoms with Crippen molar-refractivity contribution in [2.45, 2.75) is 6.54 Å². The van der Waals surface area contributed by atoms with E-state index < -0.39 is 0 Å². The van der Waals surface area contributed by atoms with Crippen LogP contribution in [-0.4, -0.2) is 26.7 Å². The first kappa shape index (κ1) is 18.2. The number of hydrogen-bond donors (Lipinski definition) is 1. The first-order valence-electron chi connectivity index (χ1n) is 7.09. The molecule has 2 aromatic rings. The molecule has 7 heteroatoms. The molecule has 24 heavy (non-hydrogen) atoms. The van der Waals surface area contributed by atoms with Crippen molar-refractivity contribution < 1.29 is 19.0 Å². The number of ether oxygens (including phenoxy) is 3. The Morgan fingerprint density at radius 1 is 1.00 bits per heavy atom. The van der Waals surface area contributed by atoms with E-state index in [1.165, 1.54) is 0 Å². The largest absolute Gasteiger partial charge is 0.497 e. The highest BCUT2D eigenvalue weighted by Crippen LogP contribution is 2.26. The molecule has 128 valence electrons. The third kappa shape index (κ3) is 4.94. The first-order valence-corrected chi connectivity index (χ1v) is 7.84. The molecule has 2 aromatic carbocycles. The van der Waals surface area contributed by atoms with Gasteiger partial charge in [-0.25, -0.2) is 0 Å². The highest BCUT2D eigenvalue weighted by molar-refractivity contribution is 6.42. The molecule has 0 aliphatic heterocycles. The van der Waals surface area contributed by atoms with Crippen LogP contribution in [0.3, 0.4) is 0 Å². The standard InChI is InChI=1S/C17H17Cl2NO4/c1-22-12-4-3-11(16(8-12)23-2)9-20-17(21)10-24-13-5-6-14(18)15(19)7-13/h3-8H,9-10H2,1-2H3,(H,20,21). The van der Waals surface area contributed by atoms with Crippen LogP contribution in [0.25, 0.3) is 0 Å². The molecule has 1 N–H and O–H groups in total. The number of hydrogen-bond acceptors (Lipinski definition) is 4. The molecule has 1 amide bonds. The molecule has 0 bridgehead atoms. The SMILES string of the molecule is COc1ccc(CNC(=O)COc2ccc(Cl)c(Cl)c2)c(OC)c1. The van der Waals surface area contributed by atoms with Gasteiger partial charge in [-0.1, -0.05) is 23.2 Å². The third-order valence-electron chi connectivity index (χ3n) is 3.23. The first-order chi connectivity index (χ1) is 11.5. The van der Waals surface area contributed by atoms with Crippen molar-refractivity contribution >= 4 is 29.1 Å². The molecule has 2 rings (SSSR count). The van der Waals surface area contributed by atoms with Gasteiger partial charge in [-0.3, -0.25) is 4.79 Å². The van der Waals surface area contributed by atoms with E-state index in [9.17, 15) is 4.79 Å². The van der Waals surface area contributed by atoms with Crippen LogP contribution < -0.4 is 19.5 Å². The number of benzene rings is 2. The Morgan fingerprint density at radius 3 is 2.42 bits per heavy atom. The summed E-state index contributed by atoms with van der Waals surface area (Å²) in [5.74, 6) is 1.53. The van der Waals surface area contributed by atoms with Gasteiger partial charge >= 0.3 is 0 Å². The van der Waals surface area contributed by atoms with Crippen LogP contribution in [0.5, 0.6) is 17.2 Å². The summed E-state index contributed by atoms with van der Waals surface area (Å²) in [6.07, 6.45) is 0. The van der Waals surface area contributed by atoms with Gasteiger partial charge in [0.05, 0.1) is 24.3 Å². The van der Waals surface area contributed by atoms with Gasteiger partial charge in [0, 0.05) is 24.2 Å². The van der Waals surface area contributed by atoms with Crippen molar-refractivity contribution in [2.24, 2.45) is 0 Å². The summed E-state index contributed by atoms with van der Waals surface area (Å²) in [5.41, 5.74) is 0.834. The van der Waals surface area contributed by atoms with E-state index in [1.54, 1.807) is 44.6 Å². The monoisotopic (exact) mass is 369 g/mol. The van der Waals surface area contributed by atoms with Crippen LogP contribution in [0.1, 0.15) is 5.56 Å². The molecule has 0 saturated carbocycles. The molecule has 5 nitrogen and oxygen atoms in total. The van der Waals surface area contributed by atoms with Gasteiger partial charge in [-0.15, -0.1) is 0 Å². The van der Waals surface area contributed by atoms with Crippen LogP contribution in [0, 0.1) is 0 Å². The molecule has 0 heterocycles. The number of halogens is 2. The molecule has 0 atom stereocenters. The second-order valence-corrected chi connectivity index (χ2v) is 5.63. The maximum atomic E-state index is 11.9. The molecule has 0 spiro atoms. The number of nitrogens with one attached hydrogen (secondary N) is 1. The topological polar surface area (TPSA) is 56.8 Å². The number of rotatable bonds is 7. The van der Waals surface area contributed by atoms with E-state index in [0.717, 1.165) is 5.56 Å². The molecule has 0 radical (unpaired) electrons. The normalized spacial score (nSPS) is 10.2. The fraction of sp³-hybridized carbons (Fsp3) is 0.235. The average molecular weight is 370 g/mol. The lowest BCUT2D eigenvalue weighted by molar-refractivity contribution is -0.123. The highest BCUT2D eigenvalue weighted by atomic mass is 35.5. The lowest BCUT2D eigenvalue weighted by Crippen LogP contribution is -2.28. The number of carbonyl (C=O) groups excluding carboxylic acids is 1. The summed E-state index contributed by atoms with van der Waals surface area (Å²) in [6.45, 7) is 0.188. The van der Waals surface area contributed by atoms with Gasteiger partial charge in [0.15, 0.2) is 6.61 Å². The van der Waals surface area contributed by atoms with Crippen molar-refractivity contribution in [3.63, 3.8) is 0 Å². The quantitative estimate of drug-likeness (QED) is 0.808. The summed E-state index contributed by atoms with van der Waals surface area (Å²) in [7, 11) is 3.14. The Hall–Kier alpha value is -2.11. The predicted molar refractivity (Wildman–Crippen MR) is 93.3 cm³/mol. The molecule has 0 unspecified atom stereocenters.